The second kappa shape index (κ2) is 10.8. The molecule has 0 radical (unpaired) electrons. The molecule has 0 amide bonds. The average Bonchev–Trinajstić information content (AvgIpc) is 2.29. The van der Waals surface area contributed by atoms with Crippen LogP contribution in [0.5, 0.6) is 0 Å². The molecule has 0 unspecified atom stereocenters. The van der Waals surface area contributed by atoms with E-state index in [1.807, 2.05) is 30.3 Å². The largest absolute Gasteiger partial charge is 0.260 e. The van der Waals surface area contributed by atoms with Crippen molar-refractivity contribution in [3.8, 4) is 0 Å². The van der Waals surface area contributed by atoms with Gasteiger partial charge in [0.15, 0.2) is 0 Å². The van der Waals surface area contributed by atoms with E-state index in [-0.39, 0.29) is 21.1 Å². The van der Waals surface area contributed by atoms with Crippen LogP contribution in [0.25, 0.3) is 0 Å². The predicted molar refractivity (Wildman–Crippen MR) is 63.9 cm³/mol. The Morgan fingerprint density at radius 1 is 1.06 bits per heavy atom. The molecule has 1 rings (SSSR count). The SMILES string of the molecule is CCCCCCN=NNc1ccccc1.[Pt]. The summed E-state index contributed by atoms with van der Waals surface area (Å²) >= 11 is 0. The fourth-order valence-corrected chi connectivity index (χ4v) is 1.27. The van der Waals surface area contributed by atoms with Crippen molar-refractivity contribution < 1.29 is 21.1 Å². The van der Waals surface area contributed by atoms with Gasteiger partial charge in [-0.15, -0.1) is 0 Å². The average molecular weight is 400 g/mol. The first-order valence-electron chi connectivity index (χ1n) is 5.61. The molecular formula is C12H19N3Pt. The van der Waals surface area contributed by atoms with Crippen molar-refractivity contribution in [1.82, 2.24) is 0 Å². The number of para-hydroxylation sites is 1. The number of unbranched alkanes of at least 4 members (excludes halogenated alkanes) is 3. The zero-order valence-corrected chi connectivity index (χ0v) is 11.9. The predicted octanol–water partition coefficient (Wildman–Crippen LogP) is 4.04. The van der Waals surface area contributed by atoms with Gasteiger partial charge >= 0.3 is 0 Å². The number of anilines is 1. The Morgan fingerprint density at radius 2 is 1.81 bits per heavy atom. The molecule has 0 heterocycles. The molecule has 1 aromatic carbocycles. The summed E-state index contributed by atoms with van der Waals surface area (Å²) in [7, 11) is 0. The van der Waals surface area contributed by atoms with Crippen molar-refractivity contribution in [2.45, 2.75) is 32.6 Å². The van der Waals surface area contributed by atoms with Gasteiger partial charge in [-0.3, -0.25) is 5.43 Å². The van der Waals surface area contributed by atoms with Gasteiger partial charge in [0.05, 0.1) is 12.2 Å². The molecule has 16 heavy (non-hydrogen) atoms. The Morgan fingerprint density at radius 3 is 2.50 bits per heavy atom. The molecule has 3 nitrogen and oxygen atoms in total. The minimum atomic E-state index is 0. The molecular weight excluding hydrogens is 381 g/mol. The summed E-state index contributed by atoms with van der Waals surface area (Å²) in [5, 5.41) is 7.97. The molecule has 0 aliphatic carbocycles. The smallest absolute Gasteiger partial charge is 0.0620 e. The molecule has 0 aliphatic heterocycles. The first kappa shape index (κ1) is 15.3. The number of rotatable bonds is 7. The van der Waals surface area contributed by atoms with Crippen LogP contribution in [0.1, 0.15) is 32.6 Å². The molecule has 92 valence electrons. The molecule has 0 bridgehead atoms. The summed E-state index contributed by atoms with van der Waals surface area (Å²) in [5.41, 5.74) is 3.88. The first-order valence-corrected chi connectivity index (χ1v) is 5.61. The normalized spacial score (nSPS) is 10.1. The molecule has 0 aromatic heterocycles. The third-order valence-electron chi connectivity index (χ3n) is 2.14. The van der Waals surface area contributed by atoms with Crippen LogP contribution in [0, 0.1) is 0 Å². The number of nitrogens with one attached hydrogen (secondary N) is 1. The topological polar surface area (TPSA) is 36.8 Å². The fourth-order valence-electron chi connectivity index (χ4n) is 1.27. The van der Waals surface area contributed by atoms with E-state index in [4.69, 9.17) is 0 Å². The molecule has 0 aliphatic rings. The van der Waals surface area contributed by atoms with Gasteiger partial charge in [-0.05, 0) is 18.6 Å². The molecule has 4 heteroatoms. The second-order valence-corrected chi connectivity index (χ2v) is 3.50. The monoisotopic (exact) mass is 400 g/mol. The van der Waals surface area contributed by atoms with Gasteiger partial charge in [-0.25, -0.2) is 0 Å². The van der Waals surface area contributed by atoms with Crippen LogP contribution < -0.4 is 5.43 Å². The number of benzene rings is 1. The Bertz CT molecular complexity index is 275. The van der Waals surface area contributed by atoms with E-state index < -0.39 is 0 Å². The van der Waals surface area contributed by atoms with E-state index >= 15 is 0 Å². The maximum Gasteiger partial charge on any atom is 0.0620 e. The summed E-state index contributed by atoms with van der Waals surface area (Å²) in [4.78, 5) is 0. The van der Waals surface area contributed by atoms with Gasteiger partial charge < -0.3 is 0 Å². The molecule has 0 spiro atoms. The molecule has 0 saturated carbocycles. The Balaban J connectivity index is 0.00000225. The minimum Gasteiger partial charge on any atom is -0.260 e. The summed E-state index contributed by atoms with van der Waals surface area (Å²) in [6.07, 6.45) is 4.94. The van der Waals surface area contributed by atoms with Crippen LogP contribution in [-0.4, -0.2) is 6.54 Å². The zero-order chi connectivity index (χ0) is 10.8. The molecule has 1 aromatic rings. The zero-order valence-electron chi connectivity index (χ0n) is 9.63. The van der Waals surface area contributed by atoms with E-state index in [1.54, 1.807) is 0 Å². The number of hydrogen-bond donors (Lipinski definition) is 1. The second-order valence-electron chi connectivity index (χ2n) is 3.50. The van der Waals surface area contributed by atoms with E-state index in [1.165, 1.54) is 19.3 Å². The number of nitrogens with zero attached hydrogens (tertiary/aromatic N) is 2. The molecule has 1 N–H and O–H groups in total. The van der Waals surface area contributed by atoms with Crippen molar-refractivity contribution in [2.75, 3.05) is 12.0 Å². The van der Waals surface area contributed by atoms with Crippen molar-refractivity contribution >= 4 is 5.69 Å². The maximum atomic E-state index is 4.05. The fraction of sp³-hybridized carbons (Fsp3) is 0.500. The van der Waals surface area contributed by atoms with Crippen LogP contribution in [-0.2, 0) is 21.1 Å². The standard InChI is InChI=1S/C12H19N3.Pt/c1-2-3-4-8-11-13-15-14-12-9-6-5-7-10-12;/h5-7,9-10H,2-4,8,11H2,1H3,(H,13,14);. The Labute approximate surface area is 112 Å². The Hall–Kier alpha value is -0.692. The third kappa shape index (κ3) is 7.58. The maximum absolute atomic E-state index is 4.05. The van der Waals surface area contributed by atoms with Crippen LogP contribution in [0.3, 0.4) is 0 Å². The quantitative estimate of drug-likeness (QED) is 0.419. The first-order chi connectivity index (χ1) is 7.43. The van der Waals surface area contributed by atoms with Crippen LogP contribution in [0.15, 0.2) is 40.7 Å². The van der Waals surface area contributed by atoms with E-state index in [2.05, 4.69) is 22.7 Å². The van der Waals surface area contributed by atoms with Crippen LogP contribution in [0.4, 0.5) is 5.69 Å². The van der Waals surface area contributed by atoms with Crippen molar-refractivity contribution in [3.63, 3.8) is 0 Å². The summed E-state index contributed by atoms with van der Waals surface area (Å²) in [6.45, 7) is 3.03. The Kier molecular flexibility index (Phi) is 10.3. The van der Waals surface area contributed by atoms with Gasteiger partial charge in [-0.1, -0.05) is 49.6 Å². The number of hydrogen-bond acceptors (Lipinski definition) is 2. The van der Waals surface area contributed by atoms with E-state index in [0.717, 1.165) is 18.7 Å². The summed E-state index contributed by atoms with van der Waals surface area (Å²) in [6, 6.07) is 9.86. The molecule has 0 saturated heterocycles. The molecule has 0 fully saturated rings. The van der Waals surface area contributed by atoms with Gasteiger partial charge in [0.2, 0.25) is 0 Å². The molecule has 0 atom stereocenters. The van der Waals surface area contributed by atoms with Gasteiger partial charge in [0.25, 0.3) is 0 Å². The van der Waals surface area contributed by atoms with Gasteiger partial charge in [0.1, 0.15) is 0 Å². The third-order valence-corrected chi connectivity index (χ3v) is 2.14. The van der Waals surface area contributed by atoms with Gasteiger partial charge in [-0.2, -0.15) is 5.11 Å². The summed E-state index contributed by atoms with van der Waals surface area (Å²) in [5.74, 6) is 0. The van der Waals surface area contributed by atoms with Crippen LogP contribution in [0.2, 0.25) is 0 Å². The minimum absolute atomic E-state index is 0. The van der Waals surface area contributed by atoms with Crippen LogP contribution >= 0.6 is 0 Å². The van der Waals surface area contributed by atoms with E-state index in [0.29, 0.717) is 0 Å². The van der Waals surface area contributed by atoms with Crippen molar-refractivity contribution in [1.29, 1.82) is 0 Å². The van der Waals surface area contributed by atoms with Crippen molar-refractivity contribution in [2.24, 2.45) is 10.3 Å². The van der Waals surface area contributed by atoms with Gasteiger partial charge in [0, 0.05) is 21.1 Å². The summed E-state index contributed by atoms with van der Waals surface area (Å²) < 4.78 is 0. The van der Waals surface area contributed by atoms with Crippen molar-refractivity contribution in [3.05, 3.63) is 30.3 Å². The van der Waals surface area contributed by atoms with E-state index in [9.17, 15) is 0 Å².